The summed E-state index contributed by atoms with van der Waals surface area (Å²) in [5.41, 5.74) is 0.628. The van der Waals surface area contributed by atoms with Gasteiger partial charge in [-0.05, 0) is 36.5 Å². The Bertz CT molecular complexity index is 750. The first-order valence-electron chi connectivity index (χ1n) is 6.51. The van der Waals surface area contributed by atoms with E-state index in [9.17, 15) is 14.9 Å². The summed E-state index contributed by atoms with van der Waals surface area (Å²) in [6, 6.07) is 12.8. The summed E-state index contributed by atoms with van der Waals surface area (Å²) < 4.78 is 4.92. The van der Waals surface area contributed by atoms with Gasteiger partial charge in [-0.25, -0.2) is 0 Å². The van der Waals surface area contributed by atoms with Crippen LogP contribution in [0.3, 0.4) is 0 Å². The minimum absolute atomic E-state index is 0.0401. The number of hydrogen-bond acceptors (Lipinski definition) is 5. The molecule has 0 aliphatic carbocycles. The number of methoxy groups -OCH3 is 1. The van der Waals surface area contributed by atoms with Crippen LogP contribution in [0.2, 0.25) is 0 Å². The van der Waals surface area contributed by atoms with Gasteiger partial charge in [0, 0.05) is 17.3 Å². The van der Waals surface area contributed by atoms with Crippen LogP contribution in [0.15, 0.2) is 48.5 Å². The van der Waals surface area contributed by atoms with Crippen molar-refractivity contribution in [2.45, 2.75) is 0 Å². The fraction of sp³-hybridized carbons (Fsp3) is 0.0667. The molecule has 0 unspecified atom stereocenters. The highest BCUT2D eigenvalue weighted by atomic mass is 32.1. The molecule has 2 aromatic carbocycles. The Morgan fingerprint density at radius 1 is 1.22 bits per heavy atom. The first-order chi connectivity index (χ1) is 11.0. The quantitative estimate of drug-likeness (QED) is 0.508. The number of carbonyl (C=O) groups excluding carboxylic acids is 1. The molecular weight excluding hydrogens is 318 g/mol. The van der Waals surface area contributed by atoms with E-state index in [4.69, 9.17) is 17.0 Å². The first-order valence-corrected chi connectivity index (χ1v) is 6.92. The topological polar surface area (TPSA) is 93.5 Å². The number of thiocarbonyl (C=S) groups is 1. The fourth-order valence-electron chi connectivity index (χ4n) is 1.84. The minimum Gasteiger partial charge on any atom is -0.490 e. The molecule has 0 aromatic heterocycles. The van der Waals surface area contributed by atoms with Gasteiger partial charge in [-0.1, -0.05) is 18.2 Å². The Hall–Kier alpha value is -3.00. The van der Waals surface area contributed by atoms with Gasteiger partial charge in [0.05, 0.1) is 12.0 Å². The van der Waals surface area contributed by atoms with Gasteiger partial charge in [0.1, 0.15) is 0 Å². The normalized spacial score (nSPS) is 9.78. The van der Waals surface area contributed by atoms with Crippen molar-refractivity contribution < 1.29 is 14.5 Å². The number of nitro benzene ring substituents is 1. The lowest BCUT2D eigenvalue weighted by atomic mass is 10.2. The van der Waals surface area contributed by atoms with Gasteiger partial charge in [0.2, 0.25) is 0 Å². The van der Waals surface area contributed by atoms with Crippen LogP contribution < -0.4 is 15.4 Å². The molecule has 8 heteroatoms. The third kappa shape index (κ3) is 4.24. The van der Waals surface area contributed by atoms with E-state index >= 15 is 0 Å². The maximum atomic E-state index is 12.0. The van der Waals surface area contributed by atoms with E-state index in [0.717, 1.165) is 0 Å². The molecule has 0 aliphatic rings. The third-order valence-electron chi connectivity index (χ3n) is 2.90. The second-order valence-corrected chi connectivity index (χ2v) is 4.83. The van der Waals surface area contributed by atoms with Crippen LogP contribution in [-0.4, -0.2) is 23.1 Å². The number of rotatable bonds is 4. The van der Waals surface area contributed by atoms with E-state index in [-0.39, 0.29) is 22.5 Å². The van der Waals surface area contributed by atoms with Crippen LogP contribution >= 0.6 is 12.2 Å². The summed E-state index contributed by atoms with van der Waals surface area (Å²) >= 11 is 5.04. The van der Waals surface area contributed by atoms with Crippen molar-refractivity contribution >= 4 is 34.6 Å². The third-order valence-corrected chi connectivity index (χ3v) is 3.10. The first kappa shape index (κ1) is 16.4. The predicted molar refractivity (Wildman–Crippen MR) is 89.8 cm³/mol. The number of benzene rings is 2. The summed E-state index contributed by atoms with van der Waals surface area (Å²) in [4.78, 5) is 22.4. The number of hydrogen-bond donors (Lipinski definition) is 2. The van der Waals surface area contributed by atoms with E-state index in [0.29, 0.717) is 11.3 Å². The average Bonchev–Trinajstić information content (AvgIpc) is 2.55. The summed E-state index contributed by atoms with van der Waals surface area (Å²) in [5, 5.41) is 16.2. The Balaban J connectivity index is 2.07. The number of nitrogens with one attached hydrogen (secondary N) is 2. The summed E-state index contributed by atoms with van der Waals surface area (Å²) in [5.74, 6) is -0.231. The highest BCUT2D eigenvalue weighted by Crippen LogP contribution is 2.29. The number of amides is 1. The molecule has 0 heterocycles. The van der Waals surface area contributed by atoms with E-state index in [2.05, 4.69) is 10.6 Å². The van der Waals surface area contributed by atoms with Gasteiger partial charge in [-0.2, -0.15) is 0 Å². The molecule has 118 valence electrons. The molecule has 23 heavy (non-hydrogen) atoms. The van der Waals surface area contributed by atoms with E-state index in [1.165, 1.54) is 19.2 Å². The van der Waals surface area contributed by atoms with Crippen molar-refractivity contribution in [2.75, 3.05) is 12.4 Å². The van der Waals surface area contributed by atoms with Crippen LogP contribution in [0.25, 0.3) is 0 Å². The molecule has 1 amide bonds. The smallest absolute Gasteiger partial charge is 0.312 e. The van der Waals surface area contributed by atoms with Gasteiger partial charge in [-0.15, -0.1) is 0 Å². The summed E-state index contributed by atoms with van der Waals surface area (Å²) in [7, 11) is 1.35. The molecule has 0 saturated heterocycles. The van der Waals surface area contributed by atoms with Crippen LogP contribution in [0, 0.1) is 10.1 Å². The molecule has 0 bridgehead atoms. The van der Waals surface area contributed by atoms with E-state index in [1.807, 2.05) is 0 Å². The van der Waals surface area contributed by atoms with Gasteiger partial charge in [0.25, 0.3) is 5.91 Å². The molecule has 0 fully saturated rings. The molecule has 2 aromatic rings. The van der Waals surface area contributed by atoms with E-state index in [1.54, 1.807) is 36.4 Å². The fourth-order valence-corrected chi connectivity index (χ4v) is 2.05. The Morgan fingerprint density at radius 3 is 2.52 bits per heavy atom. The molecule has 0 spiro atoms. The molecule has 2 N–H and O–H groups in total. The van der Waals surface area contributed by atoms with Gasteiger partial charge in [-0.3, -0.25) is 20.2 Å². The number of anilines is 1. The largest absolute Gasteiger partial charge is 0.490 e. The highest BCUT2D eigenvalue weighted by molar-refractivity contribution is 7.80. The van der Waals surface area contributed by atoms with Crippen LogP contribution in [0.4, 0.5) is 11.4 Å². The Morgan fingerprint density at radius 2 is 1.91 bits per heavy atom. The zero-order chi connectivity index (χ0) is 16.8. The average molecular weight is 331 g/mol. The van der Waals surface area contributed by atoms with Crippen molar-refractivity contribution in [1.82, 2.24) is 5.32 Å². The van der Waals surface area contributed by atoms with Crippen molar-refractivity contribution in [3.05, 3.63) is 64.2 Å². The number of nitrogens with zero attached hydrogens (tertiary/aromatic N) is 1. The van der Waals surface area contributed by atoms with Crippen LogP contribution in [-0.2, 0) is 0 Å². The molecule has 0 aliphatic heterocycles. The standard InChI is InChI=1S/C15H13N3O4S/c1-22-13-8-7-11(9-12(13)18(20)21)16-15(23)17-14(19)10-5-3-2-4-6-10/h2-9H,1H3,(H2,16,17,19,23). The summed E-state index contributed by atoms with van der Waals surface area (Å²) in [6.45, 7) is 0. The van der Waals surface area contributed by atoms with Crippen LogP contribution in [0.1, 0.15) is 10.4 Å². The zero-order valence-corrected chi connectivity index (χ0v) is 12.9. The van der Waals surface area contributed by atoms with Crippen molar-refractivity contribution in [2.24, 2.45) is 0 Å². The summed E-state index contributed by atoms with van der Waals surface area (Å²) in [6.07, 6.45) is 0. The maximum absolute atomic E-state index is 12.0. The van der Waals surface area contributed by atoms with Crippen LogP contribution in [0.5, 0.6) is 5.75 Å². The molecule has 7 nitrogen and oxygen atoms in total. The Kier molecular flexibility index (Phi) is 5.21. The number of ether oxygens (including phenoxy) is 1. The van der Waals surface area contributed by atoms with Crippen molar-refractivity contribution in [3.8, 4) is 5.75 Å². The van der Waals surface area contributed by atoms with Crippen molar-refractivity contribution in [1.29, 1.82) is 0 Å². The second kappa shape index (κ2) is 7.32. The highest BCUT2D eigenvalue weighted by Gasteiger charge is 2.16. The lowest BCUT2D eigenvalue weighted by molar-refractivity contribution is -0.385. The van der Waals surface area contributed by atoms with Gasteiger partial charge >= 0.3 is 5.69 Å². The van der Waals surface area contributed by atoms with Gasteiger partial charge < -0.3 is 10.1 Å². The maximum Gasteiger partial charge on any atom is 0.312 e. The van der Waals surface area contributed by atoms with Crippen molar-refractivity contribution in [3.63, 3.8) is 0 Å². The minimum atomic E-state index is -0.560. The molecule has 0 radical (unpaired) electrons. The molecule has 0 saturated carbocycles. The molecule has 0 atom stereocenters. The number of carbonyl (C=O) groups is 1. The zero-order valence-electron chi connectivity index (χ0n) is 12.1. The predicted octanol–water partition coefficient (Wildman–Crippen LogP) is 2.73. The SMILES string of the molecule is COc1ccc(NC(=S)NC(=O)c2ccccc2)cc1[N+](=O)[O-]. The van der Waals surface area contributed by atoms with Gasteiger partial charge in [0.15, 0.2) is 10.9 Å². The number of nitro groups is 1. The molecule has 2 rings (SSSR count). The Labute approximate surface area is 137 Å². The molecular formula is C15H13N3O4S. The van der Waals surface area contributed by atoms with E-state index < -0.39 is 4.92 Å². The lowest BCUT2D eigenvalue weighted by Gasteiger charge is -2.10. The lowest BCUT2D eigenvalue weighted by Crippen LogP contribution is -2.34. The monoisotopic (exact) mass is 331 g/mol. The second-order valence-electron chi connectivity index (χ2n) is 4.42.